The monoisotopic (exact) mass is 248 g/mol. The van der Waals surface area contributed by atoms with Crippen LogP contribution in [0.3, 0.4) is 0 Å². The summed E-state index contributed by atoms with van der Waals surface area (Å²) in [7, 11) is 2.00. The number of carbonyl (C=O) groups is 1. The third kappa shape index (κ3) is 2.33. The lowest BCUT2D eigenvalue weighted by Gasteiger charge is -2.30. The summed E-state index contributed by atoms with van der Waals surface area (Å²) in [6.45, 7) is 3.19. The van der Waals surface area contributed by atoms with Crippen LogP contribution >= 0.6 is 0 Å². The van der Waals surface area contributed by atoms with Crippen molar-refractivity contribution >= 4 is 5.91 Å². The van der Waals surface area contributed by atoms with Crippen LogP contribution in [-0.2, 0) is 4.79 Å². The lowest BCUT2D eigenvalue weighted by atomic mass is 9.91. The largest absolute Gasteiger partial charge is 0.345 e. The Morgan fingerprint density at radius 1 is 1.28 bits per heavy atom. The zero-order valence-corrected chi connectivity index (χ0v) is 11.3. The van der Waals surface area contributed by atoms with E-state index in [2.05, 4.69) is 17.5 Å². The Morgan fingerprint density at radius 2 is 2.06 bits per heavy atom. The minimum Gasteiger partial charge on any atom is -0.345 e. The van der Waals surface area contributed by atoms with E-state index in [9.17, 15) is 4.79 Å². The van der Waals surface area contributed by atoms with E-state index in [-0.39, 0.29) is 5.92 Å². The molecule has 2 aliphatic carbocycles. The first kappa shape index (κ1) is 12.2. The van der Waals surface area contributed by atoms with Crippen LogP contribution in [0.15, 0.2) is 12.2 Å². The number of amides is 1. The van der Waals surface area contributed by atoms with Crippen molar-refractivity contribution in [2.75, 3.05) is 26.7 Å². The first-order valence-corrected chi connectivity index (χ1v) is 7.38. The van der Waals surface area contributed by atoms with Gasteiger partial charge in [0, 0.05) is 19.5 Å². The lowest BCUT2D eigenvalue weighted by molar-refractivity contribution is -0.135. The number of piperidine rings is 1. The van der Waals surface area contributed by atoms with Gasteiger partial charge in [-0.05, 0) is 56.5 Å². The SMILES string of the molecule is CN(CC1CCNCC1)C(=O)C1CC2C=CC1C2. The molecule has 100 valence electrons. The van der Waals surface area contributed by atoms with Gasteiger partial charge in [0.05, 0.1) is 0 Å². The van der Waals surface area contributed by atoms with E-state index in [1.165, 1.54) is 19.3 Å². The maximum atomic E-state index is 12.5. The molecule has 0 aromatic carbocycles. The van der Waals surface area contributed by atoms with Crippen LogP contribution in [0.1, 0.15) is 25.7 Å². The van der Waals surface area contributed by atoms with Gasteiger partial charge in [0.25, 0.3) is 0 Å². The summed E-state index contributed by atoms with van der Waals surface area (Å²) < 4.78 is 0. The molecule has 18 heavy (non-hydrogen) atoms. The third-order valence-electron chi connectivity index (χ3n) is 4.96. The highest BCUT2D eigenvalue weighted by atomic mass is 16.2. The highest BCUT2D eigenvalue weighted by Gasteiger charge is 2.41. The second kappa shape index (κ2) is 5.04. The molecule has 3 nitrogen and oxygen atoms in total. The number of rotatable bonds is 3. The summed E-state index contributed by atoms with van der Waals surface area (Å²) in [5.74, 6) is 2.61. The van der Waals surface area contributed by atoms with E-state index in [1.807, 2.05) is 11.9 Å². The molecule has 1 heterocycles. The predicted octanol–water partition coefficient (Wildman–Crippen LogP) is 1.66. The van der Waals surface area contributed by atoms with Crippen molar-refractivity contribution in [3.63, 3.8) is 0 Å². The van der Waals surface area contributed by atoms with Crippen LogP contribution < -0.4 is 5.32 Å². The standard InChI is InChI=1S/C15H24N2O/c1-17(10-11-4-6-16-7-5-11)15(18)14-9-12-2-3-13(14)8-12/h2-3,11-14,16H,4-10H2,1H3. The zero-order chi connectivity index (χ0) is 12.5. The van der Waals surface area contributed by atoms with Crippen molar-refractivity contribution in [1.82, 2.24) is 10.2 Å². The van der Waals surface area contributed by atoms with E-state index in [4.69, 9.17) is 0 Å². The number of fused-ring (bicyclic) bond motifs is 2. The highest BCUT2D eigenvalue weighted by molar-refractivity contribution is 5.79. The number of hydrogen-bond acceptors (Lipinski definition) is 2. The van der Waals surface area contributed by atoms with E-state index < -0.39 is 0 Å². The number of hydrogen-bond donors (Lipinski definition) is 1. The van der Waals surface area contributed by atoms with Crippen LogP contribution in [0.4, 0.5) is 0 Å². The molecule has 1 amide bonds. The Labute approximate surface area is 110 Å². The summed E-state index contributed by atoms with van der Waals surface area (Å²) >= 11 is 0. The molecule has 3 atom stereocenters. The van der Waals surface area contributed by atoms with Gasteiger partial charge < -0.3 is 10.2 Å². The van der Waals surface area contributed by atoms with Gasteiger partial charge in [-0.1, -0.05) is 12.2 Å². The average molecular weight is 248 g/mol. The van der Waals surface area contributed by atoms with Crippen molar-refractivity contribution in [2.24, 2.45) is 23.7 Å². The van der Waals surface area contributed by atoms with Crippen LogP contribution in [-0.4, -0.2) is 37.5 Å². The Hall–Kier alpha value is -0.830. The molecule has 3 unspecified atom stereocenters. The second-order valence-corrected chi connectivity index (χ2v) is 6.30. The second-order valence-electron chi connectivity index (χ2n) is 6.30. The summed E-state index contributed by atoms with van der Waals surface area (Å²) in [5.41, 5.74) is 0. The molecule has 3 heteroatoms. The van der Waals surface area contributed by atoms with E-state index in [1.54, 1.807) is 0 Å². The predicted molar refractivity (Wildman–Crippen MR) is 72.1 cm³/mol. The van der Waals surface area contributed by atoms with E-state index >= 15 is 0 Å². The Bertz CT molecular complexity index is 346. The number of carbonyl (C=O) groups excluding carboxylic acids is 1. The molecule has 0 aromatic heterocycles. The Morgan fingerprint density at radius 3 is 2.67 bits per heavy atom. The van der Waals surface area contributed by atoms with Crippen LogP contribution in [0.25, 0.3) is 0 Å². The van der Waals surface area contributed by atoms with Crippen LogP contribution in [0.2, 0.25) is 0 Å². The van der Waals surface area contributed by atoms with Crippen molar-refractivity contribution in [3.05, 3.63) is 12.2 Å². The van der Waals surface area contributed by atoms with Crippen molar-refractivity contribution in [3.8, 4) is 0 Å². The van der Waals surface area contributed by atoms with Gasteiger partial charge in [0.1, 0.15) is 0 Å². The van der Waals surface area contributed by atoms with Gasteiger partial charge >= 0.3 is 0 Å². The van der Waals surface area contributed by atoms with Crippen LogP contribution in [0, 0.1) is 23.7 Å². The summed E-state index contributed by atoms with van der Waals surface area (Å²) in [6.07, 6.45) is 9.33. The normalized spacial score (nSPS) is 35.1. The number of allylic oxidation sites excluding steroid dienone is 2. The lowest BCUT2D eigenvalue weighted by Crippen LogP contribution is -2.40. The van der Waals surface area contributed by atoms with Gasteiger partial charge in [0.2, 0.25) is 5.91 Å². The molecule has 1 saturated carbocycles. The fraction of sp³-hybridized carbons (Fsp3) is 0.800. The van der Waals surface area contributed by atoms with E-state index in [0.29, 0.717) is 23.7 Å². The fourth-order valence-electron chi connectivity index (χ4n) is 3.89. The highest BCUT2D eigenvalue weighted by Crippen LogP contribution is 2.44. The summed E-state index contributed by atoms with van der Waals surface area (Å²) in [6, 6.07) is 0. The molecule has 0 aromatic rings. The molecule has 2 bridgehead atoms. The van der Waals surface area contributed by atoms with Crippen molar-refractivity contribution in [2.45, 2.75) is 25.7 Å². The molecule has 2 fully saturated rings. The smallest absolute Gasteiger partial charge is 0.226 e. The Balaban J connectivity index is 1.54. The van der Waals surface area contributed by atoms with Gasteiger partial charge in [-0.2, -0.15) is 0 Å². The molecule has 3 rings (SSSR count). The maximum Gasteiger partial charge on any atom is 0.226 e. The van der Waals surface area contributed by atoms with Gasteiger partial charge in [0.15, 0.2) is 0 Å². The van der Waals surface area contributed by atoms with Crippen molar-refractivity contribution in [1.29, 1.82) is 0 Å². The van der Waals surface area contributed by atoms with Gasteiger partial charge in [-0.3, -0.25) is 4.79 Å². The molecule has 1 saturated heterocycles. The molecular weight excluding hydrogens is 224 g/mol. The number of nitrogens with zero attached hydrogens (tertiary/aromatic N) is 1. The molecule has 1 aliphatic heterocycles. The third-order valence-corrected chi connectivity index (χ3v) is 4.96. The quantitative estimate of drug-likeness (QED) is 0.770. The average Bonchev–Trinajstić information content (AvgIpc) is 3.01. The first-order valence-electron chi connectivity index (χ1n) is 7.38. The Kier molecular flexibility index (Phi) is 3.42. The van der Waals surface area contributed by atoms with E-state index in [0.717, 1.165) is 26.1 Å². The van der Waals surface area contributed by atoms with Gasteiger partial charge in [-0.25, -0.2) is 0 Å². The van der Waals surface area contributed by atoms with Crippen LogP contribution in [0.5, 0.6) is 0 Å². The fourth-order valence-corrected chi connectivity index (χ4v) is 3.89. The minimum atomic E-state index is 0.284. The summed E-state index contributed by atoms with van der Waals surface area (Å²) in [4.78, 5) is 14.5. The molecule has 3 aliphatic rings. The molecule has 0 radical (unpaired) electrons. The molecule has 0 spiro atoms. The molecule has 1 N–H and O–H groups in total. The van der Waals surface area contributed by atoms with Gasteiger partial charge in [-0.15, -0.1) is 0 Å². The topological polar surface area (TPSA) is 32.3 Å². The first-order chi connectivity index (χ1) is 8.74. The van der Waals surface area contributed by atoms with Crippen molar-refractivity contribution < 1.29 is 4.79 Å². The maximum absolute atomic E-state index is 12.5. The zero-order valence-electron chi connectivity index (χ0n) is 11.3. The molecular formula is C15H24N2O. The summed E-state index contributed by atoms with van der Waals surface area (Å²) in [5, 5.41) is 3.38. The minimum absolute atomic E-state index is 0.284. The number of nitrogens with one attached hydrogen (secondary N) is 1.